The molecular formula is C22H27F2N7O. The Morgan fingerprint density at radius 1 is 1.22 bits per heavy atom. The van der Waals surface area contributed by atoms with Gasteiger partial charge in [0.2, 0.25) is 17.8 Å². The highest BCUT2D eigenvalue weighted by atomic mass is 19.1. The molecule has 1 fully saturated rings. The number of para-hydroxylation sites is 1. The summed E-state index contributed by atoms with van der Waals surface area (Å²) in [4.78, 5) is 25.1. The number of nitrogens with zero attached hydrogens (tertiary/aromatic N) is 4. The third kappa shape index (κ3) is 4.35. The summed E-state index contributed by atoms with van der Waals surface area (Å²) in [5, 5.41) is 6.07. The van der Waals surface area contributed by atoms with Gasteiger partial charge in [0.05, 0.1) is 6.20 Å². The number of halogens is 2. The smallest absolute Gasteiger partial charge is 0.224 e. The van der Waals surface area contributed by atoms with Crippen LogP contribution in [0.25, 0.3) is 11.2 Å². The number of rotatable bonds is 7. The predicted octanol–water partition coefficient (Wildman–Crippen LogP) is 4.28. The number of primary amides is 1. The van der Waals surface area contributed by atoms with Crippen LogP contribution in [0.3, 0.4) is 0 Å². The molecule has 170 valence electrons. The van der Waals surface area contributed by atoms with Gasteiger partial charge in [0.15, 0.2) is 5.65 Å². The zero-order valence-corrected chi connectivity index (χ0v) is 18.1. The van der Waals surface area contributed by atoms with Crippen molar-refractivity contribution in [3.05, 3.63) is 36.0 Å². The van der Waals surface area contributed by atoms with Gasteiger partial charge < -0.3 is 16.4 Å². The van der Waals surface area contributed by atoms with Gasteiger partial charge in [-0.15, -0.1) is 0 Å². The van der Waals surface area contributed by atoms with Crippen LogP contribution in [-0.4, -0.2) is 31.5 Å². The number of nitrogens with one attached hydrogen (secondary N) is 2. The van der Waals surface area contributed by atoms with Gasteiger partial charge in [-0.1, -0.05) is 13.0 Å². The van der Waals surface area contributed by atoms with E-state index < -0.39 is 11.6 Å². The standard InChI is InChI=1S/C22H27F2N7O/c1-3-12(2)27-21-26-11-17-20(30-21)31(14-9-7-13(8-10-14)19(25)32)22(28-17)29-18-15(23)5-4-6-16(18)24/h4-6,11-14H,3,7-10H2,1-2H3,(H2,25,32)(H,28,29)(H,26,27,30). The lowest BCUT2D eigenvalue weighted by molar-refractivity contribution is -0.122. The van der Waals surface area contributed by atoms with E-state index in [0.717, 1.165) is 6.42 Å². The summed E-state index contributed by atoms with van der Waals surface area (Å²) in [5.41, 5.74) is 6.28. The maximum atomic E-state index is 14.3. The lowest BCUT2D eigenvalue weighted by Crippen LogP contribution is -2.29. The van der Waals surface area contributed by atoms with Crippen molar-refractivity contribution in [3.8, 4) is 0 Å². The molecule has 0 saturated heterocycles. The van der Waals surface area contributed by atoms with Gasteiger partial charge in [-0.05, 0) is 51.2 Å². The molecule has 4 rings (SSSR count). The largest absolute Gasteiger partial charge is 0.369 e. The van der Waals surface area contributed by atoms with E-state index in [1.165, 1.54) is 18.2 Å². The van der Waals surface area contributed by atoms with E-state index in [-0.39, 0.29) is 35.5 Å². The molecule has 4 N–H and O–H groups in total. The molecule has 32 heavy (non-hydrogen) atoms. The predicted molar refractivity (Wildman–Crippen MR) is 119 cm³/mol. The maximum Gasteiger partial charge on any atom is 0.224 e. The molecule has 8 nitrogen and oxygen atoms in total. The van der Waals surface area contributed by atoms with Crippen LogP contribution in [0.15, 0.2) is 24.4 Å². The summed E-state index contributed by atoms with van der Waals surface area (Å²) in [7, 11) is 0. The van der Waals surface area contributed by atoms with Crippen LogP contribution in [0.1, 0.15) is 52.0 Å². The second kappa shape index (κ2) is 9.05. The van der Waals surface area contributed by atoms with Gasteiger partial charge in [0.25, 0.3) is 0 Å². The molecule has 0 radical (unpaired) electrons. The molecule has 2 aromatic heterocycles. The first-order valence-corrected chi connectivity index (χ1v) is 10.9. The molecule has 0 spiro atoms. The molecular weight excluding hydrogens is 416 g/mol. The van der Waals surface area contributed by atoms with E-state index >= 15 is 0 Å². The molecule has 0 aliphatic heterocycles. The van der Waals surface area contributed by atoms with Gasteiger partial charge in [0.1, 0.15) is 22.8 Å². The van der Waals surface area contributed by atoms with E-state index in [1.54, 1.807) is 6.20 Å². The molecule has 1 saturated carbocycles. The summed E-state index contributed by atoms with van der Waals surface area (Å²) in [6, 6.07) is 3.80. The number of aromatic nitrogens is 4. The van der Waals surface area contributed by atoms with Crippen molar-refractivity contribution >= 4 is 34.7 Å². The van der Waals surface area contributed by atoms with Crippen molar-refractivity contribution in [2.45, 2.75) is 58.0 Å². The van der Waals surface area contributed by atoms with Crippen molar-refractivity contribution in [2.24, 2.45) is 11.7 Å². The molecule has 1 aromatic carbocycles. The minimum absolute atomic E-state index is 0.0562. The summed E-state index contributed by atoms with van der Waals surface area (Å²) in [6.07, 6.45) is 5.11. The summed E-state index contributed by atoms with van der Waals surface area (Å²) in [6.45, 7) is 4.09. The first-order chi connectivity index (χ1) is 15.4. The highest BCUT2D eigenvalue weighted by Crippen LogP contribution is 2.37. The van der Waals surface area contributed by atoms with Crippen molar-refractivity contribution in [3.63, 3.8) is 0 Å². The monoisotopic (exact) mass is 443 g/mol. The van der Waals surface area contributed by atoms with Crippen molar-refractivity contribution in [1.29, 1.82) is 0 Å². The molecule has 1 aliphatic rings. The Morgan fingerprint density at radius 2 is 1.91 bits per heavy atom. The van der Waals surface area contributed by atoms with Gasteiger partial charge >= 0.3 is 0 Å². The number of fused-ring (bicyclic) bond motifs is 1. The van der Waals surface area contributed by atoms with Crippen molar-refractivity contribution in [2.75, 3.05) is 10.6 Å². The normalized spacial score (nSPS) is 19.6. The summed E-state index contributed by atoms with van der Waals surface area (Å²) >= 11 is 0. The number of amides is 1. The van der Waals surface area contributed by atoms with Crippen LogP contribution >= 0.6 is 0 Å². The van der Waals surface area contributed by atoms with Gasteiger partial charge in [-0.25, -0.2) is 18.7 Å². The third-order valence-corrected chi connectivity index (χ3v) is 6.08. The highest BCUT2D eigenvalue weighted by Gasteiger charge is 2.29. The molecule has 1 atom stereocenters. The lowest BCUT2D eigenvalue weighted by atomic mass is 9.85. The number of imidazole rings is 1. The maximum absolute atomic E-state index is 14.3. The Balaban J connectivity index is 1.76. The van der Waals surface area contributed by atoms with E-state index in [1.807, 2.05) is 11.5 Å². The van der Waals surface area contributed by atoms with Crippen LogP contribution < -0.4 is 16.4 Å². The fraction of sp³-hybridized carbons (Fsp3) is 0.455. The van der Waals surface area contributed by atoms with Crippen molar-refractivity contribution in [1.82, 2.24) is 19.5 Å². The van der Waals surface area contributed by atoms with Gasteiger partial charge in [-0.3, -0.25) is 9.36 Å². The number of benzene rings is 1. The molecule has 1 unspecified atom stereocenters. The van der Waals surface area contributed by atoms with E-state index in [0.29, 0.717) is 42.8 Å². The molecule has 2 heterocycles. The van der Waals surface area contributed by atoms with Crippen LogP contribution in [0.4, 0.5) is 26.4 Å². The topological polar surface area (TPSA) is 111 Å². The third-order valence-electron chi connectivity index (χ3n) is 6.08. The van der Waals surface area contributed by atoms with Crippen LogP contribution in [0.5, 0.6) is 0 Å². The number of hydrogen-bond acceptors (Lipinski definition) is 6. The van der Waals surface area contributed by atoms with Crippen LogP contribution in [0, 0.1) is 17.6 Å². The van der Waals surface area contributed by atoms with Gasteiger partial charge in [0, 0.05) is 18.0 Å². The SMILES string of the molecule is CCC(C)Nc1ncc2nc(Nc3c(F)cccc3F)n(C3CCC(C(N)=O)CC3)c2n1. The Labute approximate surface area is 184 Å². The Kier molecular flexibility index (Phi) is 6.20. The average molecular weight is 444 g/mol. The Bertz CT molecular complexity index is 1100. The zero-order valence-electron chi connectivity index (χ0n) is 18.1. The van der Waals surface area contributed by atoms with Gasteiger partial charge in [-0.2, -0.15) is 4.98 Å². The van der Waals surface area contributed by atoms with Crippen LogP contribution in [-0.2, 0) is 4.79 Å². The molecule has 1 amide bonds. The number of carbonyl (C=O) groups excluding carboxylic acids is 1. The lowest BCUT2D eigenvalue weighted by Gasteiger charge is -2.29. The number of hydrogen-bond donors (Lipinski definition) is 3. The highest BCUT2D eigenvalue weighted by molar-refractivity contribution is 5.78. The fourth-order valence-corrected chi connectivity index (χ4v) is 4.06. The minimum Gasteiger partial charge on any atom is -0.369 e. The molecule has 0 bridgehead atoms. The second-order valence-corrected chi connectivity index (χ2v) is 8.29. The summed E-state index contributed by atoms with van der Waals surface area (Å²) < 4.78 is 30.5. The molecule has 1 aliphatic carbocycles. The van der Waals surface area contributed by atoms with Crippen molar-refractivity contribution < 1.29 is 13.6 Å². The quantitative estimate of drug-likeness (QED) is 0.503. The van der Waals surface area contributed by atoms with E-state index in [2.05, 4.69) is 32.5 Å². The Hall–Kier alpha value is -3.30. The number of carbonyl (C=O) groups is 1. The van der Waals surface area contributed by atoms with E-state index in [9.17, 15) is 13.6 Å². The zero-order chi connectivity index (χ0) is 22.8. The van der Waals surface area contributed by atoms with E-state index in [4.69, 9.17) is 5.73 Å². The fourth-order valence-electron chi connectivity index (χ4n) is 4.06. The first kappa shape index (κ1) is 21.9. The summed E-state index contributed by atoms with van der Waals surface area (Å²) in [5.74, 6) is -1.16. The minimum atomic E-state index is -0.716. The Morgan fingerprint density at radius 3 is 2.53 bits per heavy atom. The number of nitrogens with two attached hydrogens (primary N) is 1. The molecule has 10 heteroatoms. The average Bonchev–Trinajstić information content (AvgIpc) is 3.13. The number of anilines is 3. The first-order valence-electron chi connectivity index (χ1n) is 10.9. The second-order valence-electron chi connectivity index (χ2n) is 8.29. The molecule has 3 aromatic rings. The van der Waals surface area contributed by atoms with Crippen LogP contribution in [0.2, 0.25) is 0 Å².